The predicted molar refractivity (Wildman–Crippen MR) is 168 cm³/mol. The van der Waals surface area contributed by atoms with Crippen LogP contribution in [0.25, 0.3) is 34.6 Å². The number of thiol groups is 2. The van der Waals surface area contributed by atoms with Gasteiger partial charge in [-0.25, -0.2) is 9.97 Å². The van der Waals surface area contributed by atoms with E-state index in [0.29, 0.717) is 15.7 Å². The highest BCUT2D eigenvalue weighted by atomic mass is 32.1. The summed E-state index contributed by atoms with van der Waals surface area (Å²) in [6.45, 7) is 0. The molecule has 4 aliphatic rings. The number of fused-ring (bicyclic) bond motifs is 1. The van der Waals surface area contributed by atoms with E-state index in [2.05, 4.69) is 75.8 Å². The molecule has 0 radical (unpaired) electrons. The minimum atomic E-state index is 0.669. The van der Waals surface area contributed by atoms with E-state index in [1.165, 1.54) is 0 Å². The second kappa shape index (κ2) is 11.7. The van der Waals surface area contributed by atoms with E-state index in [9.17, 15) is 0 Å². The molecule has 2 aromatic heterocycles. The van der Waals surface area contributed by atoms with Gasteiger partial charge in [0, 0.05) is 29.1 Å². The summed E-state index contributed by atoms with van der Waals surface area (Å²) in [6, 6.07) is 11.9. The zero-order chi connectivity index (χ0) is 27.3. The van der Waals surface area contributed by atoms with Crippen molar-refractivity contribution in [2.24, 2.45) is 0 Å². The lowest BCUT2D eigenvalue weighted by Gasteiger charge is -2.10. The van der Waals surface area contributed by atoms with Gasteiger partial charge in [-0.05, 0) is 58.7 Å². The van der Waals surface area contributed by atoms with Crippen molar-refractivity contribution in [2.45, 2.75) is 10.1 Å². The summed E-state index contributed by atoms with van der Waals surface area (Å²) < 4.78 is 0. The van der Waals surface area contributed by atoms with Crippen LogP contribution >= 0.6 is 25.3 Å². The highest BCUT2D eigenvalue weighted by molar-refractivity contribution is 7.80. The number of allylic oxidation sites excluding steroid dienone is 14. The normalized spacial score (nSPS) is 16.8. The van der Waals surface area contributed by atoms with Crippen molar-refractivity contribution < 1.29 is 0 Å². The van der Waals surface area contributed by atoms with Gasteiger partial charge in [0.15, 0.2) is 0 Å². The largest absolute Gasteiger partial charge is 0.255 e. The summed E-state index contributed by atoms with van der Waals surface area (Å²) in [4.78, 5) is 13.4. The quantitative estimate of drug-likeness (QED) is 0.256. The Kier molecular flexibility index (Phi) is 7.48. The van der Waals surface area contributed by atoms with Crippen LogP contribution in [0.1, 0.15) is 22.5 Å². The molecule has 5 nitrogen and oxygen atoms in total. The first-order valence-corrected chi connectivity index (χ1v) is 13.5. The van der Waals surface area contributed by atoms with Gasteiger partial charge < -0.3 is 0 Å². The summed E-state index contributed by atoms with van der Waals surface area (Å²) in [5.74, 6) is 0. The minimum absolute atomic E-state index is 0.669. The summed E-state index contributed by atoms with van der Waals surface area (Å²) in [5.41, 5.74) is 9.11. The average Bonchev–Trinajstić information content (AvgIpc) is 3.18. The van der Waals surface area contributed by atoms with Crippen molar-refractivity contribution in [3.8, 4) is 11.3 Å². The molecule has 2 aromatic rings. The van der Waals surface area contributed by atoms with Crippen LogP contribution in [0.3, 0.4) is 0 Å². The van der Waals surface area contributed by atoms with Gasteiger partial charge in [0.25, 0.3) is 0 Å². The summed E-state index contributed by atoms with van der Waals surface area (Å²) >= 11 is 9.17. The summed E-state index contributed by atoms with van der Waals surface area (Å²) in [5, 5.41) is 10.2. The molecule has 0 unspecified atom stereocenters. The fourth-order valence-electron chi connectivity index (χ4n) is 4.54. The molecular formula is C33H23N5S2. The Labute approximate surface area is 243 Å². The van der Waals surface area contributed by atoms with Crippen molar-refractivity contribution in [3.63, 3.8) is 0 Å². The number of rotatable bonds is 4. The second-order valence-corrected chi connectivity index (χ2v) is 9.84. The fraction of sp³-hybridized carbons (Fsp3) is 0. The predicted octanol–water partition coefficient (Wildman–Crippen LogP) is 7.53. The van der Waals surface area contributed by atoms with Crippen LogP contribution in [-0.4, -0.2) is 25.1 Å². The van der Waals surface area contributed by atoms with Crippen LogP contribution in [0.4, 0.5) is 0 Å². The third kappa shape index (κ3) is 5.43. The highest BCUT2D eigenvalue weighted by Crippen LogP contribution is 2.34. The third-order valence-corrected chi connectivity index (χ3v) is 7.18. The maximum Gasteiger partial charge on any atom is 0.113 e. The molecule has 6 rings (SSSR count). The molecular weight excluding hydrogens is 531 g/mol. The van der Waals surface area contributed by atoms with Gasteiger partial charge in [-0.15, -0.1) is 35.5 Å². The molecule has 0 spiro atoms. The number of hydrogen-bond donors (Lipinski definition) is 2. The Morgan fingerprint density at radius 3 is 1.82 bits per heavy atom. The van der Waals surface area contributed by atoms with Gasteiger partial charge in [0.2, 0.25) is 0 Å². The average molecular weight is 554 g/mol. The first-order chi connectivity index (χ1) is 19.7. The standard InChI is InChI=1S/C33H23N5S2/c39-32-27(13-7-17-34-32)25-11-5-1-3-9-22(25)19-24-15-16-29-30(37-38-31(29)21-36-24)20-23-10-4-2-6-12-26(23)28-14-8-18-35-33(28)40/h1-21H,(H,34,39)(H,35,40)/b22-19+,23-20+. The van der Waals surface area contributed by atoms with E-state index in [-0.39, 0.29) is 0 Å². The molecule has 40 heavy (non-hydrogen) atoms. The molecule has 0 atom stereocenters. The number of nitrogens with zero attached hydrogens (tertiary/aromatic N) is 5. The van der Waals surface area contributed by atoms with E-state index in [1.54, 1.807) is 18.6 Å². The lowest BCUT2D eigenvalue weighted by atomic mass is 9.97. The molecule has 0 N–H and O–H groups in total. The molecule has 0 amide bonds. The van der Waals surface area contributed by atoms with Gasteiger partial charge in [0.1, 0.15) is 15.7 Å². The number of pyridine rings is 2. The van der Waals surface area contributed by atoms with Gasteiger partial charge in [-0.1, -0.05) is 72.9 Å². The number of hydrogen-bond acceptors (Lipinski definition) is 7. The zero-order valence-corrected chi connectivity index (χ0v) is 23.0. The fourth-order valence-corrected chi connectivity index (χ4v) is 5.06. The Morgan fingerprint density at radius 1 is 0.575 bits per heavy atom. The van der Waals surface area contributed by atoms with Crippen LogP contribution in [-0.2, 0) is 0 Å². The Hall–Kier alpha value is -4.59. The van der Waals surface area contributed by atoms with Crippen LogP contribution in [0, 0.1) is 0 Å². The maximum atomic E-state index is 4.72. The zero-order valence-electron chi connectivity index (χ0n) is 21.3. The van der Waals surface area contributed by atoms with Crippen LogP contribution < -0.4 is 0 Å². The van der Waals surface area contributed by atoms with Crippen molar-refractivity contribution in [3.05, 3.63) is 149 Å². The van der Waals surface area contributed by atoms with Crippen molar-refractivity contribution in [1.29, 1.82) is 0 Å². The van der Waals surface area contributed by atoms with Crippen molar-refractivity contribution in [1.82, 2.24) is 25.1 Å². The van der Waals surface area contributed by atoms with E-state index >= 15 is 0 Å². The molecule has 2 aliphatic carbocycles. The Balaban J connectivity index is 1.39. The van der Waals surface area contributed by atoms with E-state index in [4.69, 9.17) is 4.98 Å². The molecule has 0 saturated carbocycles. The number of aromatic nitrogens is 5. The lowest BCUT2D eigenvalue weighted by molar-refractivity contribution is 1.08. The smallest absolute Gasteiger partial charge is 0.113 e. The topological polar surface area (TPSA) is 64.5 Å². The second-order valence-electron chi connectivity index (χ2n) is 9.00. The van der Waals surface area contributed by atoms with Gasteiger partial charge in [-0.3, -0.25) is 4.98 Å². The SMILES string of the molecule is Sc1ncccc1C1=CC=CC=C/C1=C\c1ccc2c(/C=C3\C=CC=CC=C3c3cccnc3S)nnc-2cn1. The van der Waals surface area contributed by atoms with Gasteiger partial charge in [0.05, 0.1) is 17.6 Å². The van der Waals surface area contributed by atoms with Crippen molar-refractivity contribution >= 4 is 48.6 Å². The van der Waals surface area contributed by atoms with Crippen LogP contribution in [0.5, 0.6) is 0 Å². The first kappa shape index (κ1) is 25.7. The molecule has 4 heterocycles. The highest BCUT2D eigenvalue weighted by Gasteiger charge is 2.16. The van der Waals surface area contributed by atoms with Crippen LogP contribution in [0.15, 0.2) is 137 Å². The van der Waals surface area contributed by atoms with E-state index in [0.717, 1.165) is 50.4 Å². The third-order valence-electron chi connectivity index (χ3n) is 6.47. The molecule has 0 saturated heterocycles. The van der Waals surface area contributed by atoms with E-state index < -0.39 is 0 Å². The van der Waals surface area contributed by atoms with Gasteiger partial charge in [-0.2, -0.15) is 0 Å². The van der Waals surface area contributed by atoms with Crippen LogP contribution in [0.2, 0.25) is 0 Å². The van der Waals surface area contributed by atoms with E-state index in [1.807, 2.05) is 78.9 Å². The minimum Gasteiger partial charge on any atom is -0.255 e. The Bertz CT molecular complexity index is 1820. The molecule has 0 bridgehead atoms. The first-order valence-electron chi connectivity index (χ1n) is 12.6. The molecule has 7 heteroatoms. The lowest BCUT2D eigenvalue weighted by Crippen LogP contribution is -1.92. The Morgan fingerprint density at radius 2 is 1.20 bits per heavy atom. The summed E-state index contributed by atoms with van der Waals surface area (Å²) in [6.07, 6.45) is 29.6. The molecule has 0 fully saturated rings. The molecule has 0 aromatic carbocycles. The molecule has 192 valence electrons. The summed E-state index contributed by atoms with van der Waals surface area (Å²) in [7, 11) is 0. The molecule has 2 aliphatic heterocycles. The monoisotopic (exact) mass is 553 g/mol. The van der Waals surface area contributed by atoms with Crippen molar-refractivity contribution in [2.75, 3.05) is 0 Å². The maximum absolute atomic E-state index is 4.72. The van der Waals surface area contributed by atoms with Gasteiger partial charge >= 0.3 is 0 Å².